The summed E-state index contributed by atoms with van der Waals surface area (Å²) in [5.41, 5.74) is 0. The van der Waals surface area contributed by atoms with Crippen LogP contribution in [0.2, 0.25) is 0 Å². The Kier molecular flexibility index (Phi) is 57.7. The lowest BCUT2D eigenvalue weighted by Crippen LogP contribution is -2.37. The minimum absolute atomic E-state index is 0.0285. The molecule has 0 amide bonds. The second-order valence-electron chi connectivity index (χ2n) is 23.1. The van der Waals surface area contributed by atoms with Gasteiger partial charge in [-0.2, -0.15) is 0 Å². The maximum absolute atomic E-state index is 12.9. The first-order chi connectivity index (χ1) is 38.5. The Balaban J connectivity index is 4.12. The third kappa shape index (κ3) is 64.2. The number of ether oxygens (including phenoxy) is 2. The Morgan fingerprint density at radius 1 is 0.405 bits per heavy atom. The molecule has 0 bridgehead atoms. The van der Waals surface area contributed by atoms with E-state index < -0.39 is 26.5 Å². The first-order valence-corrected chi connectivity index (χ1v) is 34.3. The van der Waals surface area contributed by atoms with Gasteiger partial charge in [-0.3, -0.25) is 18.6 Å². The number of phosphoric ester groups is 1. The van der Waals surface area contributed by atoms with Gasteiger partial charge in [-0.05, 0) is 70.6 Å². The molecule has 0 fully saturated rings. The molecule has 0 aliphatic rings. The summed E-state index contributed by atoms with van der Waals surface area (Å²) in [6, 6.07) is 0. The van der Waals surface area contributed by atoms with Crippen LogP contribution in [0, 0.1) is 0 Å². The fourth-order valence-corrected chi connectivity index (χ4v) is 9.92. The van der Waals surface area contributed by atoms with Crippen LogP contribution in [0.3, 0.4) is 0 Å². The fraction of sp³-hybridized carbons (Fsp3) is 0.768. The van der Waals surface area contributed by atoms with Gasteiger partial charge < -0.3 is 18.9 Å². The van der Waals surface area contributed by atoms with Crippen molar-refractivity contribution in [2.75, 3.05) is 47.5 Å². The number of allylic oxidation sites excluding steroid dienone is 14. The minimum atomic E-state index is -4.39. The van der Waals surface area contributed by atoms with Crippen LogP contribution >= 0.6 is 7.82 Å². The van der Waals surface area contributed by atoms with E-state index in [1.165, 1.54) is 167 Å². The standard InChI is InChI=1S/C69H124NO8P/c1-6-8-10-12-14-16-18-20-22-24-26-28-30-32-33-34-35-36-37-38-40-42-44-46-48-50-52-54-56-58-60-62-69(72)78-67(66-77-79(73,74)76-64-63-70(3,4)5)65-75-68(71)61-59-57-55-53-51-49-47-45-43-41-39-31-29-27-25-23-21-19-17-15-13-11-9-7-2/h8,10,14,16,20,22,26,28,32-33,35-36,38,40,67H,6-7,9,11-13,15,17-19,21,23-25,27,29-31,34,37,39,41-66H2,1-5H3/p+1/b10-8-,16-14-,22-20-,28-26-,33-32-,36-35-,40-38-. The van der Waals surface area contributed by atoms with Gasteiger partial charge in [0.25, 0.3) is 0 Å². The van der Waals surface area contributed by atoms with Crippen molar-refractivity contribution in [3.8, 4) is 0 Å². The summed E-state index contributed by atoms with van der Waals surface area (Å²) in [5, 5.41) is 0. The molecule has 0 aromatic heterocycles. The number of quaternary nitrogens is 1. The highest BCUT2D eigenvalue weighted by Gasteiger charge is 2.27. The number of likely N-dealkylation sites (N-methyl/N-ethyl adjacent to an activating group) is 1. The molecule has 1 N–H and O–H groups in total. The number of carbonyl (C=O) groups is 2. The molecule has 0 aliphatic heterocycles. The van der Waals surface area contributed by atoms with Gasteiger partial charge in [0.05, 0.1) is 27.7 Å². The number of hydrogen-bond acceptors (Lipinski definition) is 7. The van der Waals surface area contributed by atoms with Crippen molar-refractivity contribution in [2.45, 2.75) is 296 Å². The number of nitrogens with zero attached hydrogens (tertiary/aromatic N) is 1. The van der Waals surface area contributed by atoms with E-state index in [4.69, 9.17) is 18.5 Å². The molecule has 0 aromatic carbocycles. The third-order valence-corrected chi connectivity index (χ3v) is 15.2. The Morgan fingerprint density at radius 3 is 1.08 bits per heavy atom. The molecule has 458 valence electrons. The zero-order chi connectivity index (χ0) is 57.7. The molecule has 2 atom stereocenters. The molecule has 79 heavy (non-hydrogen) atoms. The molecule has 0 saturated heterocycles. The van der Waals surface area contributed by atoms with Crippen molar-refractivity contribution >= 4 is 19.8 Å². The highest BCUT2D eigenvalue weighted by atomic mass is 31.2. The monoisotopic (exact) mass is 1130 g/mol. The molecule has 9 nitrogen and oxygen atoms in total. The molecular formula is C69H125NO8P+. The van der Waals surface area contributed by atoms with E-state index in [2.05, 4.69) is 98.9 Å². The number of unbranched alkanes of at least 4 members (excludes halogenated alkanes) is 32. The Labute approximate surface area is 488 Å². The summed E-state index contributed by atoms with van der Waals surface area (Å²) in [6.07, 6.45) is 81.0. The van der Waals surface area contributed by atoms with Crippen molar-refractivity contribution in [1.29, 1.82) is 0 Å². The summed E-state index contributed by atoms with van der Waals surface area (Å²) in [4.78, 5) is 35.8. The van der Waals surface area contributed by atoms with Gasteiger partial charge >= 0.3 is 19.8 Å². The number of carbonyl (C=O) groups excluding carboxylic acids is 2. The van der Waals surface area contributed by atoms with Crippen LogP contribution in [0.15, 0.2) is 85.1 Å². The largest absolute Gasteiger partial charge is 0.472 e. The van der Waals surface area contributed by atoms with Gasteiger partial charge in [-0.15, -0.1) is 0 Å². The maximum atomic E-state index is 12.9. The highest BCUT2D eigenvalue weighted by Crippen LogP contribution is 2.43. The minimum Gasteiger partial charge on any atom is -0.462 e. The van der Waals surface area contributed by atoms with Gasteiger partial charge in [0, 0.05) is 12.8 Å². The van der Waals surface area contributed by atoms with Crippen molar-refractivity contribution in [1.82, 2.24) is 0 Å². The van der Waals surface area contributed by atoms with Crippen LogP contribution in [-0.4, -0.2) is 74.9 Å². The SMILES string of the molecule is CC/C=C\C/C=C\C/C=C\C/C=C\C/C=C\C/C=C\C/C=C\CCCCCCCCCCCC(=O)OC(COC(=O)CCCCCCCCCCCCCCCCCCCCCCCCCC)COP(=O)(O)OCC[N+](C)(C)C. The van der Waals surface area contributed by atoms with Crippen molar-refractivity contribution < 1.29 is 42.1 Å². The number of rotatable bonds is 60. The van der Waals surface area contributed by atoms with Crippen molar-refractivity contribution in [3.05, 3.63) is 85.1 Å². The summed E-state index contributed by atoms with van der Waals surface area (Å²) < 4.78 is 34.7. The van der Waals surface area contributed by atoms with Gasteiger partial charge in [-0.25, -0.2) is 4.57 Å². The van der Waals surface area contributed by atoms with Crippen LogP contribution < -0.4 is 0 Å². The Bertz CT molecular complexity index is 1610. The van der Waals surface area contributed by atoms with Gasteiger partial charge in [0.15, 0.2) is 6.10 Å². The predicted octanol–water partition coefficient (Wildman–Crippen LogP) is 21.0. The van der Waals surface area contributed by atoms with E-state index in [0.717, 1.165) is 89.9 Å². The maximum Gasteiger partial charge on any atom is 0.472 e. The summed E-state index contributed by atoms with van der Waals surface area (Å²) in [7, 11) is 1.47. The smallest absolute Gasteiger partial charge is 0.462 e. The quantitative estimate of drug-likeness (QED) is 0.0211. The van der Waals surface area contributed by atoms with Crippen molar-refractivity contribution in [3.63, 3.8) is 0 Å². The average Bonchev–Trinajstić information content (AvgIpc) is 3.41. The molecule has 0 aromatic rings. The van der Waals surface area contributed by atoms with Crippen LogP contribution in [0.1, 0.15) is 290 Å². The number of hydrogen-bond donors (Lipinski definition) is 1. The van der Waals surface area contributed by atoms with E-state index >= 15 is 0 Å². The highest BCUT2D eigenvalue weighted by molar-refractivity contribution is 7.47. The number of phosphoric acid groups is 1. The lowest BCUT2D eigenvalue weighted by atomic mass is 10.0. The number of esters is 2. The zero-order valence-corrected chi connectivity index (χ0v) is 53.0. The van der Waals surface area contributed by atoms with Gasteiger partial charge in [0.2, 0.25) is 0 Å². The molecular weight excluding hydrogens is 1000 g/mol. The molecule has 0 heterocycles. The summed E-state index contributed by atoms with van der Waals surface area (Å²) >= 11 is 0. The Morgan fingerprint density at radius 2 is 0.722 bits per heavy atom. The zero-order valence-electron chi connectivity index (χ0n) is 52.1. The van der Waals surface area contributed by atoms with Gasteiger partial charge in [0.1, 0.15) is 19.8 Å². The van der Waals surface area contributed by atoms with Crippen LogP contribution in [0.5, 0.6) is 0 Å². The first kappa shape index (κ1) is 76.2. The van der Waals surface area contributed by atoms with Crippen LogP contribution in [0.25, 0.3) is 0 Å². The molecule has 0 aliphatic carbocycles. The summed E-state index contributed by atoms with van der Waals surface area (Å²) in [5.74, 6) is -0.796. The van der Waals surface area contributed by atoms with Crippen LogP contribution in [0.4, 0.5) is 0 Å². The van der Waals surface area contributed by atoms with Gasteiger partial charge in [-0.1, -0.05) is 292 Å². The third-order valence-electron chi connectivity index (χ3n) is 14.2. The molecule has 0 rings (SSSR count). The molecule has 2 unspecified atom stereocenters. The topological polar surface area (TPSA) is 108 Å². The van der Waals surface area contributed by atoms with Crippen LogP contribution in [-0.2, 0) is 32.7 Å². The molecule has 0 spiro atoms. The molecule has 0 saturated carbocycles. The predicted molar refractivity (Wildman–Crippen MR) is 339 cm³/mol. The first-order valence-electron chi connectivity index (χ1n) is 32.8. The van der Waals surface area contributed by atoms with E-state index in [1.807, 2.05) is 21.1 Å². The normalized spacial score (nSPS) is 13.7. The summed E-state index contributed by atoms with van der Waals surface area (Å²) in [6.45, 7) is 4.35. The fourth-order valence-electron chi connectivity index (χ4n) is 9.17. The lowest BCUT2D eigenvalue weighted by molar-refractivity contribution is -0.870. The second-order valence-corrected chi connectivity index (χ2v) is 24.6. The van der Waals surface area contributed by atoms with E-state index in [9.17, 15) is 19.0 Å². The molecule has 10 heteroatoms. The van der Waals surface area contributed by atoms with E-state index in [0.29, 0.717) is 17.4 Å². The van der Waals surface area contributed by atoms with E-state index in [-0.39, 0.29) is 32.0 Å². The average molecular weight is 1130 g/mol. The van der Waals surface area contributed by atoms with Crippen molar-refractivity contribution in [2.24, 2.45) is 0 Å². The second kappa shape index (κ2) is 59.8. The molecule has 0 radical (unpaired) electrons. The Hall–Kier alpha value is -2.81. The lowest BCUT2D eigenvalue weighted by Gasteiger charge is -2.24. The van der Waals surface area contributed by atoms with E-state index in [1.54, 1.807) is 0 Å².